The zero-order valence-electron chi connectivity index (χ0n) is 15.8. The van der Waals surface area contributed by atoms with E-state index in [0.29, 0.717) is 11.8 Å². The maximum atomic E-state index is 5.76. The summed E-state index contributed by atoms with van der Waals surface area (Å²) in [5, 5.41) is 11.8. The predicted molar refractivity (Wildman–Crippen MR) is 109 cm³/mol. The number of anilines is 2. The van der Waals surface area contributed by atoms with Crippen LogP contribution >= 0.6 is 0 Å². The summed E-state index contributed by atoms with van der Waals surface area (Å²) >= 11 is 0. The predicted octanol–water partition coefficient (Wildman–Crippen LogP) is 4.14. The third kappa shape index (κ3) is 3.94. The summed E-state index contributed by atoms with van der Waals surface area (Å²) in [4.78, 5) is 8.69. The third-order valence-electron chi connectivity index (χ3n) is 4.85. The number of rotatable bonds is 6. The van der Waals surface area contributed by atoms with Gasteiger partial charge in [0.05, 0.1) is 0 Å². The molecule has 0 saturated heterocycles. The number of aryl methyl sites for hydroxylation is 1. The highest BCUT2D eigenvalue weighted by Crippen LogP contribution is 2.22. The fraction of sp³-hybridized carbons (Fsp3) is 0.182. The first kappa shape index (κ1) is 17.4. The average Bonchev–Trinajstić information content (AvgIpc) is 3.36. The molecule has 0 saturated carbocycles. The lowest BCUT2D eigenvalue weighted by Gasteiger charge is -2.08. The van der Waals surface area contributed by atoms with Gasteiger partial charge in [-0.3, -0.25) is 0 Å². The molecule has 0 spiro atoms. The van der Waals surface area contributed by atoms with Gasteiger partial charge in [0.25, 0.3) is 0 Å². The van der Waals surface area contributed by atoms with Gasteiger partial charge in [-0.05, 0) is 36.2 Å². The Kier molecular flexibility index (Phi) is 4.62. The number of benzene rings is 2. The minimum Gasteiger partial charge on any atom is -0.439 e. The third-order valence-corrected chi connectivity index (χ3v) is 4.85. The maximum absolute atomic E-state index is 5.76. The molecule has 4 aromatic rings. The molecule has 7 nitrogen and oxygen atoms in total. The van der Waals surface area contributed by atoms with Gasteiger partial charge in [-0.2, -0.15) is 4.98 Å². The molecule has 1 aliphatic heterocycles. The number of hydrogen-bond acceptors (Lipinski definition) is 6. The minimum absolute atomic E-state index is 0.487. The molecule has 0 aliphatic carbocycles. The van der Waals surface area contributed by atoms with Crippen molar-refractivity contribution in [2.24, 2.45) is 0 Å². The van der Waals surface area contributed by atoms with Crippen molar-refractivity contribution in [1.29, 1.82) is 0 Å². The van der Waals surface area contributed by atoms with E-state index < -0.39 is 0 Å². The molecule has 144 valence electrons. The maximum Gasteiger partial charge on any atom is 0.230 e. The molecule has 0 unspecified atom stereocenters. The number of hydrogen-bond donors (Lipinski definition) is 1. The quantitative estimate of drug-likeness (QED) is 0.538. The fourth-order valence-corrected chi connectivity index (χ4v) is 3.43. The zero-order chi connectivity index (χ0) is 19.5. The van der Waals surface area contributed by atoms with Gasteiger partial charge >= 0.3 is 0 Å². The van der Waals surface area contributed by atoms with E-state index in [0.717, 1.165) is 48.9 Å². The van der Waals surface area contributed by atoms with Gasteiger partial charge < -0.3 is 14.6 Å². The monoisotopic (exact) mass is 384 g/mol. The van der Waals surface area contributed by atoms with E-state index in [-0.39, 0.29) is 0 Å². The van der Waals surface area contributed by atoms with Crippen molar-refractivity contribution in [3.05, 3.63) is 84.1 Å². The normalized spacial score (nSPS) is 12.6. The lowest BCUT2D eigenvalue weighted by atomic mass is 10.1. The van der Waals surface area contributed by atoms with Gasteiger partial charge in [-0.1, -0.05) is 30.3 Å². The van der Waals surface area contributed by atoms with Crippen LogP contribution in [0, 0.1) is 0 Å². The molecule has 3 heterocycles. The van der Waals surface area contributed by atoms with Crippen LogP contribution < -0.4 is 10.1 Å². The van der Waals surface area contributed by atoms with Crippen molar-refractivity contribution >= 4 is 11.6 Å². The van der Waals surface area contributed by atoms with Crippen molar-refractivity contribution in [2.45, 2.75) is 25.8 Å². The Morgan fingerprint density at radius 3 is 2.69 bits per heavy atom. The Morgan fingerprint density at radius 1 is 0.966 bits per heavy atom. The lowest BCUT2D eigenvalue weighted by molar-refractivity contribution is 0.462. The van der Waals surface area contributed by atoms with Crippen LogP contribution in [0.4, 0.5) is 11.6 Å². The molecule has 2 aromatic heterocycles. The number of ether oxygens (including phenoxy) is 1. The SMILES string of the molecule is c1ccc(Oc2ccnc(Nc3ccc(Cc4nnc5n4CCC5)cc3)n2)cc1. The molecule has 1 N–H and O–H groups in total. The molecule has 7 heteroatoms. The second-order valence-corrected chi connectivity index (χ2v) is 6.92. The summed E-state index contributed by atoms with van der Waals surface area (Å²) in [6.07, 6.45) is 4.65. The molecule has 0 atom stereocenters. The highest BCUT2D eigenvalue weighted by atomic mass is 16.5. The summed E-state index contributed by atoms with van der Waals surface area (Å²) in [7, 11) is 0. The number of para-hydroxylation sites is 1. The molecular weight excluding hydrogens is 364 g/mol. The van der Waals surface area contributed by atoms with Gasteiger partial charge in [-0.15, -0.1) is 10.2 Å². The van der Waals surface area contributed by atoms with Crippen LogP contribution in [0.1, 0.15) is 23.6 Å². The molecule has 0 amide bonds. The lowest BCUT2D eigenvalue weighted by Crippen LogP contribution is -2.02. The van der Waals surface area contributed by atoms with Crippen molar-refractivity contribution in [3.63, 3.8) is 0 Å². The molecule has 0 bridgehead atoms. The largest absolute Gasteiger partial charge is 0.439 e. The topological polar surface area (TPSA) is 77.8 Å². The summed E-state index contributed by atoms with van der Waals surface area (Å²) in [5.41, 5.74) is 2.11. The van der Waals surface area contributed by atoms with Crippen molar-refractivity contribution in [2.75, 3.05) is 5.32 Å². The van der Waals surface area contributed by atoms with Crippen molar-refractivity contribution in [1.82, 2.24) is 24.7 Å². The van der Waals surface area contributed by atoms with Crippen molar-refractivity contribution in [3.8, 4) is 11.6 Å². The standard InChI is InChI=1S/C22H20N6O/c1-2-5-18(6-3-1)29-21-12-13-23-22(25-21)24-17-10-8-16(9-11-17)15-20-27-26-19-7-4-14-28(19)20/h1-3,5-6,8-13H,4,7,14-15H2,(H,23,24,25). The highest BCUT2D eigenvalue weighted by molar-refractivity contribution is 5.54. The molecule has 5 rings (SSSR count). The van der Waals surface area contributed by atoms with Crippen LogP contribution in [-0.2, 0) is 19.4 Å². The summed E-state index contributed by atoms with van der Waals surface area (Å²) in [6.45, 7) is 1.02. The van der Waals surface area contributed by atoms with E-state index in [4.69, 9.17) is 4.74 Å². The fourth-order valence-electron chi connectivity index (χ4n) is 3.43. The molecular formula is C22H20N6O. The van der Waals surface area contributed by atoms with Crippen LogP contribution in [0.25, 0.3) is 0 Å². The Bertz CT molecular complexity index is 1110. The van der Waals surface area contributed by atoms with E-state index in [2.05, 4.69) is 42.2 Å². The zero-order valence-corrected chi connectivity index (χ0v) is 15.8. The highest BCUT2D eigenvalue weighted by Gasteiger charge is 2.17. The van der Waals surface area contributed by atoms with Gasteiger partial charge in [0.1, 0.15) is 17.4 Å². The van der Waals surface area contributed by atoms with Crippen LogP contribution in [-0.4, -0.2) is 24.7 Å². The Morgan fingerprint density at radius 2 is 1.83 bits per heavy atom. The number of nitrogens with zero attached hydrogens (tertiary/aromatic N) is 5. The second kappa shape index (κ2) is 7.71. The first-order valence-electron chi connectivity index (χ1n) is 9.66. The van der Waals surface area contributed by atoms with E-state index in [1.54, 1.807) is 12.3 Å². The van der Waals surface area contributed by atoms with Crippen LogP contribution in [0.2, 0.25) is 0 Å². The molecule has 0 radical (unpaired) electrons. The van der Waals surface area contributed by atoms with Gasteiger partial charge in [-0.25, -0.2) is 4.98 Å². The first-order chi connectivity index (χ1) is 14.3. The second-order valence-electron chi connectivity index (χ2n) is 6.92. The molecule has 29 heavy (non-hydrogen) atoms. The first-order valence-corrected chi connectivity index (χ1v) is 9.66. The van der Waals surface area contributed by atoms with E-state index in [1.807, 2.05) is 42.5 Å². The smallest absolute Gasteiger partial charge is 0.230 e. The summed E-state index contributed by atoms with van der Waals surface area (Å²) < 4.78 is 8.00. The number of fused-ring (bicyclic) bond motifs is 1. The van der Waals surface area contributed by atoms with Crippen LogP contribution in [0.3, 0.4) is 0 Å². The Labute approximate surface area is 168 Å². The molecule has 0 fully saturated rings. The van der Waals surface area contributed by atoms with Gasteiger partial charge in [0, 0.05) is 37.3 Å². The van der Waals surface area contributed by atoms with Crippen molar-refractivity contribution < 1.29 is 4.74 Å². The summed E-state index contributed by atoms with van der Waals surface area (Å²) in [6, 6.07) is 19.5. The summed E-state index contributed by atoms with van der Waals surface area (Å²) in [5.74, 6) is 3.86. The molecule has 1 aliphatic rings. The van der Waals surface area contributed by atoms with Gasteiger partial charge in [0.2, 0.25) is 11.8 Å². The number of nitrogens with one attached hydrogen (secondary N) is 1. The Hall–Kier alpha value is -3.74. The van der Waals surface area contributed by atoms with E-state index >= 15 is 0 Å². The van der Waals surface area contributed by atoms with Gasteiger partial charge in [0.15, 0.2) is 0 Å². The van der Waals surface area contributed by atoms with Crippen LogP contribution in [0.15, 0.2) is 66.9 Å². The Balaban J connectivity index is 1.25. The molecule has 2 aromatic carbocycles. The number of aromatic nitrogens is 5. The minimum atomic E-state index is 0.487. The average molecular weight is 384 g/mol. The van der Waals surface area contributed by atoms with E-state index in [9.17, 15) is 0 Å². The van der Waals surface area contributed by atoms with Crippen LogP contribution in [0.5, 0.6) is 11.6 Å². The van der Waals surface area contributed by atoms with E-state index in [1.165, 1.54) is 5.56 Å².